The van der Waals surface area contributed by atoms with Gasteiger partial charge in [0.1, 0.15) is 5.69 Å². The van der Waals surface area contributed by atoms with E-state index in [2.05, 4.69) is 15.6 Å². The Morgan fingerprint density at radius 1 is 1.14 bits per heavy atom. The molecule has 6 nitrogen and oxygen atoms in total. The molecule has 0 atom stereocenters. The van der Waals surface area contributed by atoms with E-state index in [9.17, 15) is 14.4 Å². The molecule has 0 spiro atoms. The summed E-state index contributed by atoms with van der Waals surface area (Å²) >= 11 is 5.99. The molecule has 0 aliphatic heterocycles. The van der Waals surface area contributed by atoms with E-state index in [1.807, 2.05) is 0 Å². The summed E-state index contributed by atoms with van der Waals surface area (Å²) in [7, 11) is 1.50. The largest absolute Gasteiger partial charge is 0.355 e. The number of aromatic nitrogens is 1. The molecule has 21 heavy (non-hydrogen) atoms. The number of anilines is 1. The first-order valence-electron chi connectivity index (χ1n) is 6.03. The van der Waals surface area contributed by atoms with Crippen molar-refractivity contribution in [3.63, 3.8) is 0 Å². The van der Waals surface area contributed by atoms with Crippen molar-refractivity contribution in [2.45, 2.75) is 0 Å². The first-order chi connectivity index (χ1) is 10.0. The number of carbonyl (C=O) groups excluding carboxylic acids is 2. The zero-order chi connectivity index (χ0) is 15.4. The Balaban J connectivity index is 2.28. The summed E-state index contributed by atoms with van der Waals surface area (Å²) in [6, 6.07) is 8.75. The molecule has 0 unspecified atom stereocenters. The van der Waals surface area contributed by atoms with Gasteiger partial charge in [0.2, 0.25) is 5.56 Å². The SMILES string of the molecule is CNC(=O)c1ccc(Cl)c(NC(=O)c2cccc(=O)[nH]2)c1. The smallest absolute Gasteiger partial charge is 0.272 e. The van der Waals surface area contributed by atoms with E-state index in [-0.39, 0.29) is 27.9 Å². The topological polar surface area (TPSA) is 91.1 Å². The second-order valence-electron chi connectivity index (χ2n) is 4.16. The minimum atomic E-state index is -0.524. The Labute approximate surface area is 125 Å². The summed E-state index contributed by atoms with van der Waals surface area (Å²) in [4.78, 5) is 37.2. The lowest BCUT2D eigenvalue weighted by Gasteiger charge is -2.09. The third-order valence-electron chi connectivity index (χ3n) is 2.72. The van der Waals surface area contributed by atoms with Gasteiger partial charge in [-0.3, -0.25) is 14.4 Å². The third kappa shape index (κ3) is 3.49. The lowest BCUT2D eigenvalue weighted by atomic mass is 10.2. The highest BCUT2D eigenvalue weighted by Crippen LogP contribution is 2.23. The molecule has 0 saturated heterocycles. The number of benzene rings is 1. The molecule has 1 aromatic carbocycles. The fraction of sp³-hybridized carbons (Fsp3) is 0.0714. The number of aromatic amines is 1. The van der Waals surface area contributed by atoms with Gasteiger partial charge in [0.25, 0.3) is 11.8 Å². The van der Waals surface area contributed by atoms with Gasteiger partial charge in [-0.15, -0.1) is 0 Å². The number of carbonyl (C=O) groups is 2. The fourth-order valence-electron chi connectivity index (χ4n) is 1.68. The fourth-order valence-corrected chi connectivity index (χ4v) is 1.84. The molecule has 0 aliphatic rings. The Morgan fingerprint density at radius 2 is 1.90 bits per heavy atom. The molecule has 0 fully saturated rings. The van der Waals surface area contributed by atoms with Crippen molar-refractivity contribution in [3.05, 3.63) is 63.0 Å². The molecule has 2 rings (SSSR count). The first kappa shape index (κ1) is 14.8. The minimum absolute atomic E-state index is 0.101. The normalized spacial score (nSPS) is 10.0. The third-order valence-corrected chi connectivity index (χ3v) is 3.05. The number of nitrogens with one attached hydrogen (secondary N) is 3. The number of rotatable bonds is 3. The maximum absolute atomic E-state index is 12.0. The molecule has 0 bridgehead atoms. The zero-order valence-electron chi connectivity index (χ0n) is 11.1. The quantitative estimate of drug-likeness (QED) is 0.805. The van der Waals surface area contributed by atoms with Gasteiger partial charge in [-0.1, -0.05) is 17.7 Å². The van der Waals surface area contributed by atoms with Crippen molar-refractivity contribution in [2.24, 2.45) is 0 Å². The molecule has 0 saturated carbocycles. The summed E-state index contributed by atoms with van der Waals surface area (Å²) in [6.45, 7) is 0. The van der Waals surface area contributed by atoms with Gasteiger partial charge in [0.05, 0.1) is 10.7 Å². The van der Waals surface area contributed by atoms with Crippen molar-refractivity contribution in [1.82, 2.24) is 10.3 Å². The highest BCUT2D eigenvalue weighted by atomic mass is 35.5. The number of hydrogen-bond donors (Lipinski definition) is 3. The van der Waals surface area contributed by atoms with Crippen molar-refractivity contribution in [3.8, 4) is 0 Å². The molecule has 2 aromatic rings. The molecular weight excluding hydrogens is 294 g/mol. The molecule has 3 N–H and O–H groups in total. The monoisotopic (exact) mass is 305 g/mol. The average molecular weight is 306 g/mol. The van der Waals surface area contributed by atoms with Crippen molar-refractivity contribution < 1.29 is 9.59 Å². The first-order valence-corrected chi connectivity index (χ1v) is 6.41. The van der Waals surface area contributed by atoms with Gasteiger partial charge < -0.3 is 15.6 Å². The summed E-state index contributed by atoms with van der Waals surface area (Å²) in [5.41, 5.74) is 0.364. The molecule has 0 aliphatic carbocycles. The van der Waals surface area contributed by atoms with Crippen molar-refractivity contribution in [1.29, 1.82) is 0 Å². The van der Waals surface area contributed by atoms with E-state index >= 15 is 0 Å². The highest BCUT2D eigenvalue weighted by Gasteiger charge is 2.12. The van der Waals surface area contributed by atoms with Crippen LogP contribution in [0.15, 0.2) is 41.2 Å². The molecule has 108 valence electrons. The number of amides is 2. The number of hydrogen-bond acceptors (Lipinski definition) is 3. The van der Waals surface area contributed by atoms with E-state index < -0.39 is 5.91 Å². The Hall–Kier alpha value is -2.60. The van der Waals surface area contributed by atoms with Gasteiger partial charge >= 0.3 is 0 Å². The Bertz CT molecular complexity index is 755. The average Bonchev–Trinajstić information content (AvgIpc) is 2.48. The van der Waals surface area contributed by atoms with E-state index in [1.54, 1.807) is 6.07 Å². The van der Waals surface area contributed by atoms with Crippen LogP contribution in [0.2, 0.25) is 5.02 Å². The van der Waals surface area contributed by atoms with Crippen LogP contribution in [0.25, 0.3) is 0 Å². The summed E-state index contributed by atoms with van der Waals surface area (Å²) in [5, 5.41) is 5.32. The lowest BCUT2D eigenvalue weighted by Crippen LogP contribution is -2.20. The van der Waals surface area contributed by atoms with E-state index in [0.717, 1.165) is 0 Å². The van der Waals surface area contributed by atoms with E-state index in [4.69, 9.17) is 11.6 Å². The van der Waals surface area contributed by atoms with E-state index in [1.165, 1.54) is 37.4 Å². The second-order valence-corrected chi connectivity index (χ2v) is 4.56. The zero-order valence-corrected chi connectivity index (χ0v) is 11.8. The van der Waals surface area contributed by atoms with Crippen LogP contribution in [-0.4, -0.2) is 23.8 Å². The number of pyridine rings is 1. The predicted molar refractivity (Wildman–Crippen MR) is 79.9 cm³/mol. The van der Waals surface area contributed by atoms with Crippen molar-refractivity contribution in [2.75, 3.05) is 12.4 Å². The predicted octanol–water partition coefficient (Wildman–Crippen LogP) is 1.64. The maximum Gasteiger partial charge on any atom is 0.272 e. The molecule has 2 amide bonds. The van der Waals surface area contributed by atoms with Gasteiger partial charge in [0, 0.05) is 18.7 Å². The van der Waals surface area contributed by atoms with Crippen LogP contribution < -0.4 is 16.2 Å². The molecule has 1 heterocycles. The molecule has 7 heteroatoms. The van der Waals surface area contributed by atoms with Gasteiger partial charge in [-0.25, -0.2) is 0 Å². The molecular formula is C14H12ClN3O3. The van der Waals surface area contributed by atoms with Crippen LogP contribution >= 0.6 is 11.6 Å². The van der Waals surface area contributed by atoms with Gasteiger partial charge in [-0.2, -0.15) is 0 Å². The van der Waals surface area contributed by atoms with Crippen LogP contribution in [0.3, 0.4) is 0 Å². The van der Waals surface area contributed by atoms with Crippen LogP contribution in [0, 0.1) is 0 Å². The van der Waals surface area contributed by atoms with E-state index in [0.29, 0.717) is 5.56 Å². The molecule has 1 aromatic heterocycles. The highest BCUT2D eigenvalue weighted by molar-refractivity contribution is 6.34. The standard InChI is InChI=1S/C14H12ClN3O3/c1-16-13(20)8-5-6-9(15)11(7-8)18-14(21)10-3-2-4-12(19)17-10/h2-7H,1H3,(H,16,20)(H,17,19)(H,18,21). The van der Waals surface area contributed by atoms with Crippen LogP contribution in [0.4, 0.5) is 5.69 Å². The van der Waals surface area contributed by atoms with Crippen LogP contribution in [0.1, 0.15) is 20.8 Å². The lowest BCUT2D eigenvalue weighted by molar-refractivity contribution is 0.0961. The summed E-state index contributed by atoms with van der Waals surface area (Å²) in [5.74, 6) is -0.820. The summed E-state index contributed by atoms with van der Waals surface area (Å²) in [6.07, 6.45) is 0. The summed E-state index contributed by atoms with van der Waals surface area (Å²) < 4.78 is 0. The molecule has 0 radical (unpaired) electrons. The minimum Gasteiger partial charge on any atom is -0.355 e. The maximum atomic E-state index is 12.0. The number of halogens is 1. The van der Waals surface area contributed by atoms with Gasteiger partial charge in [0.15, 0.2) is 0 Å². The second kappa shape index (κ2) is 6.23. The van der Waals surface area contributed by atoms with Crippen LogP contribution in [-0.2, 0) is 0 Å². The Kier molecular flexibility index (Phi) is 4.39. The van der Waals surface area contributed by atoms with Gasteiger partial charge in [-0.05, 0) is 24.3 Å². The number of H-pyrrole nitrogens is 1. The van der Waals surface area contributed by atoms with Crippen LogP contribution in [0.5, 0.6) is 0 Å². The Morgan fingerprint density at radius 3 is 2.57 bits per heavy atom. The van der Waals surface area contributed by atoms with Crippen molar-refractivity contribution >= 4 is 29.1 Å².